The SMILES string of the molecule is C/C=C(/C=NC)CC. The summed E-state index contributed by atoms with van der Waals surface area (Å²) in [5.41, 5.74) is 1.30. The van der Waals surface area contributed by atoms with E-state index in [1.54, 1.807) is 7.05 Å². The van der Waals surface area contributed by atoms with Gasteiger partial charge in [-0.1, -0.05) is 13.0 Å². The zero-order valence-electron chi connectivity index (χ0n) is 5.81. The molecular weight excluding hydrogens is 98.1 g/mol. The quantitative estimate of drug-likeness (QED) is 0.483. The van der Waals surface area contributed by atoms with Crippen LogP contribution in [0.1, 0.15) is 20.3 Å². The molecular formula is C7H13N. The van der Waals surface area contributed by atoms with E-state index in [9.17, 15) is 0 Å². The summed E-state index contributed by atoms with van der Waals surface area (Å²) in [6.07, 6.45) is 5.04. The first-order valence-electron chi connectivity index (χ1n) is 2.92. The van der Waals surface area contributed by atoms with Crippen LogP contribution >= 0.6 is 0 Å². The fourth-order valence-electron chi connectivity index (χ4n) is 0.536. The van der Waals surface area contributed by atoms with Crippen LogP contribution < -0.4 is 0 Å². The molecule has 0 heterocycles. The van der Waals surface area contributed by atoms with E-state index in [-0.39, 0.29) is 0 Å². The van der Waals surface area contributed by atoms with Gasteiger partial charge < -0.3 is 0 Å². The molecule has 0 aromatic carbocycles. The number of allylic oxidation sites excluding steroid dienone is 2. The Morgan fingerprint density at radius 2 is 2.25 bits per heavy atom. The molecule has 0 bridgehead atoms. The lowest BCUT2D eigenvalue weighted by Crippen LogP contribution is -1.79. The molecule has 0 aliphatic rings. The van der Waals surface area contributed by atoms with Crippen molar-refractivity contribution < 1.29 is 0 Å². The van der Waals surface area contributed by atoms with Crippen molar-refractivity contribution in [2.45, 2.75) is 20.3 Å². The van der Waals surface area contributed by atoms with E-state index in [1.807, 2.05) is 13.1 Å². The average molecular weight is 111 g/mol. The third kappa shape index (κ3) is 2.56. The zero-order chi connectivity index (χ0) is 6.41. The molecule has 0 aliphatic heterocycles. The summed E-state index contributed by atoms with van der Waals surface area (Å²) in [6, 6.07) is 0. The normalized spacial score (nSPS) is 13.1. The molecule has 0 aliphatic carbocycles. The van der Waals surface area contributed by atoms with Crippen molar-refractivity contribution >= 4 is 6.21 Å². The fourth-order valence-corrected chi connectivity index (χ4v) is 0.536. The van der Waals surface area contributed by atoms with Gasteiger partial charge in [-0.05, 0) is 18.9 Å². The second kappa shape index (κ2) is 4.57. The van der Waals surface area contributed by atoms with Gasteiger partial charge in [0.25, 0.3) is 0 Å². The van der Waals surface area contributed by atoms with E-state index in [2.05, 4.69) is 18.0 Å². The minimum absolute atomic E-state index is 1.08. The first-order valence-corrected chi connectivity index (χ1v) is 2.92. The van der Waals surface area contributed by atoms with E-state index in [4.69, 9.17) is 0 Å². The predicted octanol–water partition coefficient (Wildman–Crippen LogP) is 2.04. The minimum atomic E-state index is 1.08. The number of rotatable bonds is 2. The molecule has 0 aromatic rings. The standard InChI is InChI=1S/C7H13N/c1-4-7(5-2)6-8-3/h4,6H,5H2,1-3H3/b7-4+,8-6?. The van der Waals surface area contributed by atoms with Gasteiger partial charge in [-0.2, -0.15) is 0 Å². The molecule has 0 amide bonds. The van der Waals surface area contributed by atoms with Crippen molar-refractivity contribution in [1.29, 1.82) is 0 Å². The average Bonchev–Trinajstić information content (AvgIpc) is 1.83. The molecule has 0 radical (unpaired) electrons. The van der Waals surface area contributed by atoms with Gasteiger partial charge in [-0.25, -0.2) is 0 Å². The highest BCUT2D eigenvalue weighted by Crippen LogP contribution is 1.93. The highest BCUT2D eigenvalue weighted by molar-refractivity contribution is 5.77. The largest absolute Gasteiger partial charge is 0.296 e. The maximum absolute atomic E-state index is 3.88. The van der Waals surface area contributed by atoms with Crippen LogP contribution in [-0.2, 0) is 0 Å². The molecule has 0 atom stereocenters. The Morgan fingerprint density at radius 1 is 1.62 bits per heavy atom. The van der Waals surface area contributed by atoms with E-state index in [1.165, 1.54) is 5.57 Å². The molecule has 0 saturated heterocycles. The van der Waals surface area contributed by atoms with Gasteiger partial charge in [-0.15, -0.1) is 0 Å². The first kappa shape index (κ1) is 7.41. The third-order valence-corrected chi connectivity index (χ3v) is 1.07. The second-order valence-corrected chi connectivity index (χ2v) is 1.60. The zero-order valence-corrected chi connectivity index (χ0v) is 5.81. The summed E-state index contributed by atoms with van der Waals surface area (Å²) >= 11 is 0. The molecule has 0 N–H and O–H groups in total. The van der Waals surface area contributed by atoms with Crippen molar-refractivity contribution in [2.75, 3.05) is 7.05 Å². The van der Waals surface area contributed by atoms with E-state index in [0.29, 0.717) is 0 Å². The third-order valence-electron chi connectivity index (χ3n) is 1.07. The second-order valence-electron chi connectivity index (χ2n) is 1.60. The summed E-state index contributed by atoms with van der Waals surface area (Å²) in [7, 11) is 1.79. The van der Waals surface area contributed by atoms with Crippen molar-refractivity contribution in [2.24, 2.45) is 4.99 Å². The van der Waals surface area contributed by atoms with Gasteiger partial charge in [0.1, 0.15) is 0 Å². The van der Waals surface area contributed by atoms with Gasteiger partial charge in [0.05, 0.1) is 0 Å². The maximum atomic E-state index is 3.88. The maximum Gasteiger partial charge on any atom is 0.0277 e. The highest BCUT2D eigenvalue weighted by atomic mass is 14.6. The van der Waals surface area contributed by atoms with Gasteiger partial charge in [-0.3, -0.25) is 4.99 Å². The van der Waals surface area contributed by atoms with Crippen LogP contribution in [0.3, 0.4) is 0 Å². The summed E-state index contributed by atoms with van der Waals surface area (Å²) in [5, 5.41) is 0. The first-order chi connectivity index (χ1) is 3.85. The Balaban J connectivity index is 3.72. The van der Waals surface area contributed by atoms with Gasteiger partial charge >= 0.3 is 0 Å². The van der Waals surface area contributed by atoms with Crippen molar-refractivity contribution in [3.05, 3.63) is 11.6 Å². The lowest BCUT2D eigenvalue weighted by atomic mass is 10.2. The van der Waals surface area contributed by atoms with Crippen molar-refractivity contribution in [3.63, 3.8) is 0 Å². The monoisotopic (exact) mass is 111 g/mol. The van der Waals surface area contributed by atoms with Crippen molar-refractivity contribution in [3.8, 4) is 0 Å². The molecule has 8 heavy (non-hydrogen) atoms. The van der Waals surface area contributed by atoms with Crippen LogP contribution in [0.15, 0.2) is 16.6 Å². The smallest absolute Gasteiger partial charge is 0.0277 e. The van der Waals surface area contributed by atoms with Crippen LogP contribution in [-0.4, -0.2) is 13.3 Å². The molecule has 0 aromatic heterocycles. The highest BCUT2D eigenvalue weighted by Gasteiger charge is 1.80. The molecule has 0 unspecified atom stereocenters. The van der Waals surface area contributed by atoms with E-state index in [0.717, 1.165) is 6.42 Å². The van der Waals surface area contributed by atoms with Crippen LogP contribution in [0.5, 0.6) is 0 Å². The van der Waals surface area contributed by atoms with E-state index < -0.39 is 0 Å². The van der Waals surface area contributed by atoms with Crippen LogP contribution in [0, 0.1) is 0 Å². The van der Waals surface area contributed by atoms with E-state index >= 15 is 0 Å². The summed E-state index contributed by atoms with van der Waals surface area (Å²) < 4.78 is 0. The lowest BCUT2D eigenvalue weighted by molar-refractivity contribution is 1.17. The Labute approximate surface area is 51.1 Å². The summed E-state index contributed by atoms with van der Waals surface area (Å²) in [5.74, 6) is 0. The molecule has 1 nitrogen and oxygen atoms in total. The molecule has 0 rings (SSSR count). The Bertz CT molecular complexity index is 98.2. The molecule has 0 fully saturated rings. The topological polar surface area (TPSA) is 12.4 Å². The Kier molecular flexibility index (Phi) is 4.23. The number of nitrogens with zero attached hydrogens (tertiary/aromatic N) is 1. The van der Waals surface area contributed by atoms with Crippen LogP contribution in [0.4, 0.5) is 0 Å². The minimum Gasteiger partial charge on any atom is -0.296 e. The Morgan fingerprint density at radius 3 is 2.38 bits per heavy atom. The summed E-state index contributed by atoms with van der Waals surface area (Å²) in [4.78, 5) is 3.88. The molecule has 0 spiro atoms. The predicted molar refractivity (Wildman–Crippen MR) is 38.5 cm³/mol. The molecule has 46 valence electrons. The number of hydrogen-bond acceptors (Lipinski definition) is 1. The van der Waals surface area contributed by atoms with Crippen LogP contribution in [0.2, 0.25) is 0 Å². The van der Waals surface area contributed by atoms with Gasteiger partial charge in [0.2, 0.25) is 0 Å². The van der Waals surface area contributed by atoms with Crippen LogP contribution in [0.25, 0.3) is 0 Å². The summed E-state index contributed by atoms with van der Waals surface area (Å²) in [6.45, 7) is 4.15. The Hall–Kier alpha value is -0.590. The van der Waals surface area contributed by atoms with Gasteiger partial charge in [0, 0.05) is 13.3 Å². The molecule has 0 saturated carbocycles. The number of aliphatic imine (C=N–C) groups is 1. The van der Waals surface area contributed by atoms with Gasteiger partial charge in [0.15, 0.2) is 0 Å². The lowest BCUT2D eigenvalue weighted by Gasteiger charge is -1.89. The number of hydrogen-bond donors (Lipinski definition) is 0. The fraction of sp³-hybridized carbons (Fsp3) is 0.571. The van der Waals surface area contributed by atoms with Crippen molar-refractivity contribution in [1.82, 2.24) is 0 Å². The molecule has 1 heteroatoms.